The van der Waals surface area contributed by atoms with Gasteiger partial charge in [0.05, 0.1) is 34.9 Å². The van der Waals surface area contributed by atoms with Gasteiger partial charge in [0.2, 0.25) is 11.8 Å². The van der Waals surface area contributed by atoms with Gasteiger partial charge in [-0.05, 0) is 47.7 Å². The Morgan fingerprint density at radius 2 is 2.17 bits per heavy atom. The van der Waals surface area contributed by atoms with E-state index < -0.39 is 0 Å². The quantitative estimate of drug-likeness (QED) is 0.530. The van der Waals surface area contributed by atoms with Crippen molar-refractivity contribution < 1.29 is 14.7 Å². The van der Waals surface area contributed by atoms with Gasteiger partial charge in [-0.25, -0.2) is 4.98 Å². The van der Waals surface area contributed by atoms with Gasteiger partial charge in [-0.2, -0.15) is 0 Å². The lowest BCUT2D eigenvalue weighted by Crippen LogP contribution is -2.39. The van der Waals surface area contributed by atoms with Gasteiger partial charge in [-0.15, -0.1) is 11.3 Å². The topological polar surface area (TPSA) is 85.8 Å². The molecule has 3 heterocycles. The van der Waals surface area contributed by atoms with Crippen molar-refractivity contribution in [2.24, 2.45) is 0 Å². The van der Waals surface area contributed by atoms with E-state index in [9.17, 15) is 14.7 Å². The number of carbonyl (C=O) groups excluding carboxylic acids is 2. The molecule has 1 saturated heterocycles. The van der Waals surface area contributed by atoms with Gasteiger partial charge in [0.1, 0.15) is 0 Å². The number of aromatic nitrogens is 1. The Hall–Kier alpha value is -3.07. The van der Waals surface area contributed by atoms with E-state index in [1.54, 1.807) is 11.3 Å². The normalized spacial score (nSPS) is 18.4. The summed E-state index contributed by atoms with van der Waals surface area (Å²) >= 11 is 1.66. The number of hydrogen-bond donors (Lipinski definition) is 2. The summed E-state index contributed by atoms with van der Waals surface area (Å²) in [4.78, 5) is 34.7. The van der Waals surface area contributed by atoms with Gasteiger partial charge in [0.25, 0.3) is 0 Å². The highest BCUT2D eigenvalue weighted by molar-refractivity contribution is 7.15. The molecule has 5 rings (SSSR count). The molecule has 35 heavy (non-hydrogen) atoms. The van der Waals surface area contributed by atoms with Crippen LogP contribution in [0.2, 0.25) is 0 Å². The molecule has 8 heteroatoms. The van der Waals surface area contributed by atoms with Crippen molar-refractivity contribution in [3.05, 3.63) is 70.4 Å². The Labute approximate surface area is 209 Å². The van der Waals surface area contributed by atoms with E-state index in [2.05, 4.69) is 33.4 Å². The predicted octanol–water partition coefficient (Wildman–Crippen LogP) is 3.42. The molecule has 7 nitrogen and oxygen atoms in total. The number of rotatable bonds is 7. The zero-order valence-electron chi connectivity index (χ0n) is 20.0. The molecule has 0 spiro atoms. The number of anilines is 1. The molecule has 0 saturated carbocycles. The predicted molar refractivity (Wildman–Crippen MR) is 137 cm³/mol. The summed E-state index contributed by atoms with van der Waals surface area (Å²) in [6, 6.07) is 14.0. The van der Waals surface area contributed by atoms with E-state index >= 15 is 0 Å². The van der Waals surface area contributed by atoms with Crippen LogP contribution >= 0.6 is 11.3 Å². The number of amides is 2. The monoisotopic (exact) mass is 490 g/mol. The highest BCUT2D eigenvalue weighted by Gasteiger charge is 2.29. The number of likely N-dealkylation sites (N-methyl/N-ethyl adjacent to an activating group) is 1. The number of thiazole rings is 1. The molecule has 2 N–H and O–H groups in total. The second-order valence-electron chi connectivity index (χ2n) is 9.48. The molecule has 1 aromatic heterocycles. The summed E-state index contributed by atoms with van der Waals surface area (Å²) in [5.74, 6) is 0.00234. The summed E-state index contributed by atoms with van der Waals surface area (Å²) in [5, 5.41) is 13.9. The fourth-order valence-electron chi connectivity index (χ4n) is 4.91. The van der Waals surface area contributed by atoms with Gasteiger partial charge in [-0.3, -0.25) is 14.5 Å². The van der Waals surface area contributed by atoms with E-state index in [4.69, 9.17) is 0 Å². The van der Waals surface area contributed by atoms with Crippen LogP contribution in [0.25, 0.3) is 10.4 Å². The fraction of sp³-hybridized carbons (Fsp3) is 0.370. The van der Waals surface area contributed by atoms with Crippen molar-refractivity contribution in [3.8, 4) is 10.4 Å². The van der Waals surface area contributed by atoms with Crippen molar-refractivity contribution >= 4 is 28.8 Å². The molecular weight excluding hydrogens is 460 g/mol. The third kappa shape index (κ3) is 5.29. The number of fused-ring (bicyclic) bond motifs is 1. The number of likely N-dealkylation sites (tertiary alicyclic amines) is 1. The van der Waals surface area contributed by atoms with Crippen molar-refractivity contribution in [2.75, 3.05) is 32.0 Å². The molecule has 0 bridgehead atoms. The Balaban J connectivity index is 1.39. The van der Waals surface area contributed by atoms with Gasteiger partial charge in [0, 0.05) is 38.6 Å². The minimum absolute atomic E-state index is 0.00974. The zero-order chi connectivity index (χ0) is 24.5. The minimum Gasteiger partial charge on any atom is -0.392 e. The smallest absolute Gasteiger partial charge is 0.228 e. The van der Waals surface area contributed by atoms with Crippen LogP contribution < -0.4 is 5.32 Å². The minimum atomic E-state index is -0.315. The third-order valence-electron chi connectivity index (χ3n) is 6.87. The molecule has 0 radical (unpaired) electrons. The van der Waals surface area contributed by atoms with Crippen molar-refractivity contribution in [3.63, 3.8) is 0 Å². The lowest BCUT2D eigenvalue weighted by molar-refractivity contribution is -0.131. The lowest BCUT2D eigenvalue weighted by atomic mass is 10.0. The average Bonchev–Trinajstić information content (AvgIpc) is 3.56. The maximum atomic E-state index is 13.5. The molecule has 2 amide bonds. The van der Waals surface area contributed by atoms with Crippen LogP contribution in [0, 0.1) is 6.92 Å². The van der Waals surface area contributed by atoms with Crippen LogP contribution in [0.15, 0.2) is 48.7 Å². The molecule has 2 aromatic carbocycles. The standard InChI is InChI=1S/C27H30N4O3S/c1-17-28-14-25(35-17)21-5-3-4-20(12-21)24(16-31-9-8-22(32)15-31)30(2)27(34)11-18-6-7-19-13-26(33)29-23(19)10-18/h3-7,10,12,14,22,24,32H,8-9,11,13,15-16H2,1-2H3,(H,29,33)/t22-,24+/m0/s1. The summed E-state index contributed by atoms with van der Waals surface area (Å²) in [6.07, 6.45) is 2.98. The Bertz CT molecular complexity index is 1260. The summed E-state index contributed by atoms with van der Waals surface area (Å²) in [6.45, 7) is 4.09. The summed E-state index contributed by atoms with van der Waals surface area (Å²) in [7, 11) is 1.86. The first-order valence-corrected chi connectivity index (χ1v) is 12.8. The number of benzene rings is 2. The highest BCUT2D eigenvalue weighted by Crippen LogP contribution is 2.31. The third-order valence-corrected chi connectivity index (χ3v) is 7.83. The number of aliphatic hydroxyl groups excluding tert-OH is 1. The van der Waals surface area contributed by atoms with Crippen molar-refractivity contribution in [1.29, 1.82) is 0 Å². The number of nitrogens with one attached hydrogen (secondary N) is 1. The Morgan fingerprint density at radius 3 is 2.91 bits per heavy atom. The average molecular weight is 491 g/mol. The first-order valence-electron chi connectivity index (χ1n) is 12.0. The van der Waals surface area contributed by atoms with Gasteiger partial charge in [-0.1, -0.05) is 30.3 Å². The van der Waals surface area contributed by atoms with Crippen LogP contribution in [0.1, 0.15) is 34.2 Å². The number of β-amino-alcohol motifs (C(OH)–C–C–N with tert-alkyl or cyclic N) is 1. The maximum absolute atomic E-state index is 13.5. The number of carbonyl (C=O) groups is 2. The zero-order valence-corrected chi connectivity index (χ0v) is 20.8. The van der Waals surface area contributed by atoms with E-state index in [0.717, 1.165) is 50.8 Å². The largest absolute Gasteiger partial charge is 0.392 e. The molecule has 2 atom stereocenters. The van der Waals surface area contributed by atoms with Gasteiger partial charge in [0.15, 0.2) is 0 Å². The fourth-order valence-corrected chi connectivity index (χ4v) is 5.69. The second kappa shape index (κ2) is 9.89. The maximum Gasteiger partial charge on any atom is 0.228 e. The van der Waals surface area contributed by atoms with Gasteiger partial charge >= 0.3 is 0 Å². The van der Waals surface area contributed by atoms with Crippen molar-refractivity contribution in [1.82, 2.24) is 14.8 Å². The molecule has 0 aliphatic carbocycles. The van der Waals surface area contributed by atoms with Crippen LogP contribution in [0.4, 0.5) is 5.69 Å². The van der Waals surface area contributed by atoms with Crippen LogP contribution in [0.5, 0.6) is 0 Å². The number of aliphatic hydroxyl groups is 1. The van der Waals surface area contributed by atoms with E-state index in [-0.39, 0.29) is 30.4 Å². The van der Waals surface area contributed by atoms with E-state index in [1.807, 2.05) is 49.3 Å². The van der Waals surface area contributed by atoms with E-state index in [0.29, 0.717) is 19.5 Å². The van der Waals surface area contributed by atoms with Crippen LogP contribution in [-0.4, -0.2) is 64.5 Å². The first-order chi connectivity index (χ1) is 16.9. The molecular formula is C27H30N4O3S. The molecule has 0 unspecified atom stereocenters. The molecule has 2 aliphatic heterocycles. The number of nitrogens with zero attached hydrogens (tertiary/aromatic N) is 3. The molecule has 2 aliphatic rings. The number of hydrogen-bond acceptors (Lipinski definition) is 6. The molecule has 3 aromatic rings. The Morgan fingerprint density at radius 1 is 1.31 bits per heavy atom. The Kier molecular flexibility index (Phi) is 6.69. The van der Waals surface area contributed by atoms with Crippen LogP contribution in [-0.2, 0) is 22.4 Å². The van der Waals surface area contributed by atoms with Crippen LogP contribution in [0.3, 0.4) is 0 Å². The highest BCUT2D eigenvalue weighted by atomic mass is 32.1. The summed E-state index contributed by atoms with van der Waals surface area (Å²) < 4.78 is 0. The van der Waals surface area contributed by atoms with E-state index in [1.165, 1.54) is 0 Å². The second-order valence-corrected chi connectivity index (χ2v) is 10.7. The summed E-state index contributed by atoms with van der Waals surface area (Å²) in [5.41, 5.74) is 4.81. The van der Waals surface area contributed by atoms with Crippen molar-refractivity contribution in [2.45, 2.75) is 38.3 Å². The number of aryl methyl sites for hydroxylation is 1. The first kappa shape index (κ1) is 23.7. The SMILES string of the molecule is Cc1ncc(-c2cccc([C@@H](CN3CC[C@H](O)C3)N(C)C(=O)Cc3ccc4c(c3)NC(=O)C4)c2)s1. The van der Waals surface area contributed by atoms with Gasteiger partial charge < -0.3 is 15.3 Å². The lowest BCUT2D eigenvalue weighted by Gasteiger charge is -2.32. The molecule has 1 fully saturated rings. The molecule has 182 valence electrons.